The first kappa shape index (κ1) is 9.25. The van der Waals surface area contributed by atoms with Crippen molar-refractivity contribution in [1.29, 1.82) is 5.41 Å². The first-order chi connectivity index (χ1) is 6.09. The average molecular weight is 178 g/mol. The standard InChI is InChI=1S/C9H10N2O2/c1-6(12)13-8-4-2-3-7(5-8)9(10)11/h2-5H,1H3,(H3,10,11). The Bertz CT molecular complexity index is 347. The van der Waals surface area contributed by atoms with Crippen LogP contribution in [0.15, 0.2) is 24.3 Å². The van der Waals surface area contributed by atoms with Crippen LogP contribution >= 0.6 is 0 Å². The molecule has 13 heavy (non-hydrogen) atoms. The molecule has 0 unspecified atom stereocenters. The molecule has 0 aliphatic carbocycles. The summed E-state index contributed by atoms with van der Waals surface area (Å²) in [5, 5.41) is 7.15. The molecule has 0 aliphatic heterocycles. The van der Waals surface area contributed by atoms with Gasteiger partial charge in [0.25, 0.3) is 0 Å². The van der Waals surface area contributed by atoms with Crippen molar-refractivity contribution >= 4 is 11.8 Å². The molecule has 1 aromatic carbocycles. The Kier molecular flexibility index (Phi) is 2.64. The number of nitrogens with two attached hydrogens (primary N) is 1. The SMILES string of the molecule is CC(=O)Oc1cccc(C(=N)N)c1. The Hall–Kier alpha value is -1.84. The minimum absolute atomic E-state index is 0.0472. The Labute approximate surface area is 75.8 Å². The van der Waals surface area contributed by atoms with Crippen LogP contribution in [0.25, 0.3) is 0 Å². The number of hydrogen-bond acceptors (Lipinski definition) is 3. The van der Waals surface area contributed by atoms with Gasteiger partial charge in [0.05, 0.1) is 0 Å². The van der Waals surface area contributed by atoms with Gasteiger partial charge in [-0.25, -0.2) is 0 Å². The largest absolute Gasteiger partial charge is 0.427 e. The number of hydrogen-bond donors (Lipinski definition) is 2. The molecule has 0 spiro atoms. The maximum absolute atomic E-state index is 10.6. The number of carbonyl (C=O) groups is 1. The molecule has 0 amide bonds. The van der Waals surface area contributed by atoms with Crippen molar-refractivity contribution in [2.24, 2.45) is 5.73 Å². The van der Waals surface area contributed by atoms with Crippen LogP contribution < -0.4 is 10.5 Å². The second-order valence-electron chi connectivity index (χ2n) is 2.54. The molecule has 0 heterocycles. The lowest BCUT2D eigenvalue weighted by Crippen LogP contribution is -2.11. The highest BCUT2D eigenvalue weighted by molar-refractivity contribution is 5.95. The molecule has 0 atom stereocenters. The molecule has 3 N–H and O–H groups in total. The fraction of sp³-hybridized carbons (Fsp3) is 0.111. The van der Waals surface area contributed by atoms with Crippen molar-refractivity contribution in [2.45, 2.75) is 6.92 Å². The summed E-state index contributed by atoms with van der Waals surface area (Å²) in [6, 6.07) is 6.53. The van der Waals surface area contributed by atoms with Crippen LogP contribution in [-0.2, 0) is 4.79 Å². The lowest BCUT2D eigenvalue weighted by atomic mass is 10.2. The van der Waals surface area contributed by atoms with Gasteiger partial charge in [-0.2, -0.15) is 0 Å². The van der Waals surface area contributed by atoms with Crippen molar-refractivity contribution < 1.29 is 9.53 Å². The van der Waals surface area contributed by atoms with Crippen LogP contribution in [-0.4, -0.2) is 11.8 Å². The van der Waals surface area contributed by atoms with Crippen molar-refractivity contribution in [3.8, 4) is 5.75 Å². The fourth-order valence-corrected chi connectivity index (χ4v) is 0.893. The van der Waals surface area contributed by atoms with Crippen LogP contribution in [0.5, 0.6) is 5.75 Å². The number of nitrogens with one attached hydrogen (secondary N) is 1. The maximum Gasteiger partial charge on any atom is 0.308 e. The van der Waals surface area contributed by atoms with E-state index in [1.54, 1.807) is 24.3 Å². The molecule has 1 rings (SSSR count). The molecule has 0 saturated carbocycles. The van der Waals surface area contributed by atoms with Crippen LogP contribution in [0.1, 0.15) is 12.5 Å². The third-order valence-electron chi connectivity index (χ3n) is 1.41. The Balaban J connectivity index is 2.91. The van der Waals surface area contributed by atoms with Gasteiger partial charge in [-0.05, 0) is 12.1 Å². The second-order valence-corrected chi connectivity index (χ2v) is 2.54. The number of ether oxygens (including phenoxy) is 1. The minimum atomic E-state index is -0.388. The topological polar surface area (TPSA) is 76.2 Å². The highest BCUT2D eigenvalue weighted by Gasteiger charge is 2.00. The van der Waals surface area contributed by atoms with E-state index in [1.807, 2.05) is 0 Å². The smallest absolute Gasteiger partial charge is 0.308 e. The molecule has 1 aromatic rings. The molecule has 4 nitrogen and oxygen atoms in total. The number of nitrogen functional groups attached to an aromatic ring is 1. The Morgan fingerprint density at radius 3 is 2.77 bits per heavy atom. The summed E-state index contributed by atoms with van der Waals surface area (Å²) in [6.07, 6.45) is 0. The first-order valence-electron chi connectivity index (χ1n) is 3.72. The fourth-order valence-electron chi connectivity index (χ4n) is 0.893. The van der Waals surface area contributed by atoms with Crippen LogP contribution in [0.2, 0.25) is 0 Å². The Morgan fingerprint density at radius 1 is 1.54 bits per heavy atom. The summed E-state index contributed by atoms with van der Waals surface area (Å²) >= 11 is 0. The first-order valence-corrected chi connectivity index (χ1v) is 3.72. The van der Waals surface area contributed by atoms with Crippen molar-refractivity contribution in [1.82, 2.24) is 0 Å². The van der Waals surface area contributed by atoms with Gasteiger partial charge in [0.2, 0.25) is 0 Å². The third-order valence-corrected chi connectivity index (χ3v) is 1.41. The molecule has 0 radical (unpaired) electrons. The van der Waals surface area contributed by atoms with Gasteiger partial charge >= 0.3 is 5.97 Å². The normalized spacial score (nSPS) is 9.31. The lowest BCUT2D eigenvalue weighted by Gasteiger charge is -2.02. The average Bonchev–Trinajstić information content (AvgIpc) is 2.03. The molecule has 68 valence electrons. The van der Waals surface area contributed by atoms with Gasteiger partial charge in [0.15, 0.2) is 0 Å². The van der Waals surface area contributed by atoms with Crippen LogP contribution in [0.3, 0.4) is 0 Å². The number of rotatable bonds is 2. The van der Waals surface area contributed by atoms with Crippen molar-refractivity contribution in [2.75, 3.05) is 0 Å². The monoisotopic (exact) mass is 178 g/mol. The van der Waals surface area contributed by atoms with Crippen molar-refractivity contribution in [3.05, 3.63) is 29.8 Å². The van der Waals surface area contributed by atoms with E-state index < -0.39 is 0 Å². The van der Waals surface area contributed by atoms with Crippen LogP contribution in [0, 0.1) is 5.41 Å². The van der Waals surface area contributed by atoms with Gasteiger partial charge in [0.1, 0.15) is 11.6 Å². The zero-order chi connectivity index (χ0) is 9.84. The highest BCUT2D eigenvalue weighted by atomic mass is 16.5. The quantitative estimate of drug-likeness (QED) is 0.305. The summed E-state index contributed by atoms with van der Waals surface area (Å²) in [5.74, 6) is -0.0325. The van der Waals surface area contributed by atoms with Gasteiger partial charge in [0, 0.05) is 12.5 Å². The minimum Gasteiger partial charge on any atom is -0.427 e. The van der Waals surface area contributed by atoms with Gasteiger partial charge in [-0.15, -0.1) is 0 Å². The number of amidine groups is 1. The van der Waals surface area contributed by atoms with E-state index in [1.165, 1.54) is 6.92 Å². The van der Waals surface area contributed by atoms with Gasteiger partial charge in [-0.1, -0.05) is 12.1 Å². The van der Waals surface area contributed by atoms with Crippen LogP contribution in [0.4, 0.5) is 0 Å². The summed E-state index contributed by atoms with van der Waals surface area (Å²) in [4.78, 5) is 10.6. The molecular weight excluding hydrogens is 168 g/mol. The summed E-state index contributed by atoms with van der Waals surface area (Å²) in [7, 11) is 0. The predicted molar refractivity (Wildman–Crippen MR) is 48.8 cm³/mol. The summed E-state index contributed by atoms with van der Waals surface area (Å²) < 4.78 is 4.81. The summed E-state index contributed by atoms with van der Waals surface area (Å²) in [5.41, 5.74) is 5.80. The molecule has 0 saturated heterocycles. The maximum atomic E-state index is 10.6. The number of benzene rings is 1. The van der Waals surface area contributed by atoms with E-state index in [2.05, 4.69) is 0 Å². The summed E-state index contributed by atoms with van der Waals surface area (Å²) in [6.45, 7) is 1.32. The lowest BCUT2D eigenvalue weighted by molar-refractivity contribution is -0.131. The zero-order valence-corrected chi connectivity index (χ0v) is 7.20. The predicted octanol–water partition coefficient (Wildman–Crippen LogP) is 0.896. The van der Waals surface area contributed by atoms with E-state index in [0.29, 0.717) is 11.3 Å². The van der Waals surface area contributed by atoms with E-state index in [4.69, 9.17) is 15.9 Å². The van der Waals surface area contributed by atoms with E-state index >= 15 is 0 Å². The van der Waals surface area contributed by atoms with Crippen molar-refractivity contribution in [3.63, 3.8) is 0 Å². The molecular formula is C9H10N2O2. The van der Waals surface area contributed by atoms with E-state index in [9.17, 15) is 4.79 Å². The van der Waals surface area contributed by atoms with Gasteiger partial charge in [-0.3, -0.25) is 10.2 Å². The van der Waals surface area contributed by atoms with E-state index in [-0.39, 0.29) is 11.8 Å². The molecule has 0 fully saturated rings. The number of carbonyl (C=O) groups excluding carboxylic acids is 1. The molecule has 4 heteroatoms. The molecule has 0 aliphatic rings. The van der Waals surface area contributed by atoms with E-state index in [0.717, 1.165) is 0 Å². The molecule has 0 aromatic heterocycles. The number of esters is 1. The molecule has 0 bridgehead atoms. The zero-order valence-electron chi connectivity index (χ0n) is 7.20. The highest BCUT2D eigenvalue weighted by Crippen LogP contribution is 2.12. The van der Waals surface area contributed by atoms with Gasteiger partial charge < -0.3 is 10.5 Å². The third kappa shape index (κ3) is 2.59. The Morgan fingerprint density at radius 2 is 2.23 bits per heavy atom. The second kappa shape index (κ2) is 3.71.